The Morgan fingerprint density at radius 1 is 0.957 bits per heavy atom. The molecule has 0 bridgehead atoms. The minimum Gasteiger partial charge on any atom is -0.508 e. The zero-order valence-electron chi connectivity index (χ0n) is 25.1. The van der Waals surface area contributed by atoms with Gasteiger partial charge in [0.2, 0.25) is 23.6 Å². The number of phenolic OH excluding ortho intramolecular Hbond substituents is 1. The lowest BCUT2D eigenvalue weighted by atomic mass is 9.51. The molecule has 2 aliphatic carbocycles. The van der Waals surface area contributed by atoms with Crippen LogP contribution in [0.3, 0.4) is 0 Å². The third-order valence-electron chi connectivity index (χ3n) is 10.3. The molecular weight excluding hydrogens is 633 g/mol. The summed E-state index contributed by atoms with van der Waals surface area (Å²) < 4.78 is 19.7. The Morgan fingerprint density at radius 2 is 1.66 bits per heavy atom. The Balaban J connectivity index is 1.36. The van der Waals surface area contributed by atoms with Gasteiger partial charge in [-0.15, -0.1) is 0 Å². The summed E-state index contributed by atoms with van der Waals surface area (Å²) in [5, 5.41) is 21.2. The Morgan fingerprint density at radius 3 is 2.32 bits per heavy atom. The Labute approximate surface area is 272 Å². The van der Waals surface area contributed by atoms with Gasteiger partial charge in [-0.1, -0.05) is 29.3 Å². The van der Waals surface area contributed by atoms with Gasteiger partial charge in [-0.25, -0.2) is 9.29 Å². The number of benzene rings is 3. The van der Waals surface area contributed by atoms with E-state index in [2.05, 4.69) is 0 Å². The summed E-state index contributed by atoms with van der Waals surface area (Å²) in [4.78, 5) is 69.4. The van der Waals surface area contributed by atoms with E-state index in [1.54, 1.807) is 13.0 Å². The number of imide groups is 2. The first-order valence-corrected chi connectivity index (χ1v) is 15.3. The number of hydrogen-bond acceptors (Lipinski definition) is 8. The van der Waals surface area contributed by atoms with E-state index in [9.17, 15) is 38.8 Å². The van der Waals surface area contributed by atoms with Crippen molar-refractivity contribution >= 4 is 52.3 Å². The maximum atomic E-state index is 14.5. The van der Waals surface area contributed by atoms with Gasteiger partial charge in [0.15, 0.2) is 0 Å². The number of anilines is 2. The van der Waals surface area contributed by atoms with Crippen LogP contribution < -0.4 is 14.5 Å². The van der Waals surface area contributed by atoms with Crippen LogP contribution in [0.4, 0.5) is 21.5 Å². The van der Waals surface area contributed by atoms with Crippen molar-refractivity contribution in [3.63, 3.8) is 0 Å². The van der Waals surface area contributed by atoms with Crippen LogP contribution in [0.15, 0.2) is 72.3 Å². The van der Waals surface area contributed by atoms with E-state index in [4.69, 9.17) is 16.3 Å². The molecular formula is C34H27ClFN3O8. The van der Waals surface area contributed by atoms with Crippen LogP contribution in [-0.2, 0) is 19.2 Å². The summed E-state index contributed by atoms with van der Waals surface area (Å²) >= 11 is 6.05. The fraction of sp³-hybridized carbons (Fsp3) is 0.294. The second kappa shape index (κ2) is 10.7. The SMILES string of the molecule is COc1cc(O)ccc1[C@H]1C2=CC[C@@H]3C(=O)N(c4ccc([N+](=O)[O-])cc4)C(=O)[C@@H]3[C@@H]2C[C@H]2C(=O)N(c3ccc(F)c(Cl)c3)C(=O)[C@@]12C. The molecule has 4 aliphatic rings. The fourth-order valence-corrected chi connectivity index (χ4v) is 8.32. The Kier molecular flexibility index (Phi) is 6.97. The summed E-state index contributed by atoms with van der Waals surface area (Å²) in [6.45, 7) is 1.69. The van der Waals surface area contributed by atoms with Gasteiger partial charge in [0.1, 0.15) is 17.3 Å². The summed E-state index contributed by atoms with van der Waals surface area (Å²) in [6, 6.07) is 13.2. The van der Waals surface area contributed by atoms with Crippen LogP contribution in [-0.4, -0.2) is 40.8 Å². The summed E-state index contributed by atoms with van der Waals surface area (Å²) in [6.07, 6.45) is 2.12. The minimum absolute atomic E-state index is 0.0729. The van der Waals surface area contributed by atoms with Gasteiger partial charge in [-0.3, -0.25) is 34.2 Å². The summed E-state index contributed by atoms with van der Waals surface area (Å²) in [7, 11) is 1.42. The number of rotatable bonds is 5. The van der Waals surface area contributed by atoms with Gasteiger partial charge in [0.25, 0.3) is 5.69 Å². The maximum Gasteiger partial charge on any atom is 0.269 e. The number of non-ortho nitro benzene ring substituents is 1. The molecule has 3 fully saturated rings. The second-order valence-electron chi connectivity index (χ2n) is 12.5. The van der Waals surface area contributed by atoms with Crippen molar-refractivity contribution in [1.29, 1.82) is 0 Å². The predicted octanol–water partition coefficient (Wildman–Crippen LogP) is 5.54. The molecule has 2 saturated heterocycles. The molecule has 0 radical (unpaired) electrons. The molecule has 2 heterocycles. The molecule has 6 atom stereocenters. The molecule has 47 heavy (non-hydrogen) atoms. The highest BCUT2D eigenvalue weighted by molar-refractivity contribution is 6.32. The first-order valence-electron chi connectivity index (χ1n) is 14.9. The third-order valence-corrected chi connectivity index (χ3v) is 10.6. The maximum absolute atomic E-state index is 14.5. The largest absolute Gasteiger partial charge is 0.508 e. The summed E-state index contributed by atoms with van der Waals surface area (Å²) in [5.74, 6) is -6.59. The van der Waals surface area contributed by atoms with E-state index in [0.29, 0.717) is 11.1 Å². The molecule has 13 heteroatoms. The lowest BCUT2D eigenvalue weighted by Gasteiger charge is -2.49. The molecule has 0 spiro atoms. The number of halogens is 2. The van der Waals surface area contributed by atoms with Gasteiger partial charge in [0, 0.05) is 29.7 Å². The van der Waals surface area contributed by atoms with Crippen LogP contribution in [0, 0.1) is 45.0 Å². The molecule has 0 unspecified atom stereocenters. The highest BCUT2D eigenvalue weighted by Gasteiger charge is 2.68. The van der Waals surface area contributed by atoms with E-state index >= 15 is 0 Å². The number of ether oxygens (including phenoxy) is 1. The van der Waals surface area contributed by atoms with Gasteiger partial charge in [-0.2, -0.15) is 0 Å². The highest BCUT2D eigenvalue weighted by atomic mass is 35.5. The molecule has 11 nitrogen and oxygen atoms in total. The smallest absolute Gasteiger partial charge is 0.269 e. The van der Waals surface area contributed by atoms with Crippen molar-refractivity contribution in [1.82, 2.24) is 0 Å². The zero-order valence-corrected chi connectivity index (χ0v) is 25.8. The summed E-state index contributed by atoms with van der Waals surface area (Å²) in [5.41, 5.74) is -0.0867. The van der Waals surface area contributed by atoms with E-state index in [1.807, 2.05) is 6.08 Å². The van der Waals surface area contributed by atoms with Crippen LogP contribution in [0.2, 0.25) is 5.02 Å². The number of fused-ring (bicyclic) bond motifs is 4. The second-order valence-corrected chi connectivity index (χ2v) is 12.9. The Bertz CT molecular complexity index is 1950. The lowest BCUT2D eigenvalue weighted by molar-refractivity contribution is -0.384. The quantitative estimate of drug-likeness (QED) is 0.163. The molecule has 2 aliphatic heterocycles. The van der Waals surface area contributed by atoms with Crippen molar-refractivity contribution in [3.8, 4) is 11.5 Å². The number of nitrogens with zero attached hydrogens (tertiary/aromatic N) is 3. The first-order chi connectivity index (χ1) is 22.4. The number of nitro benzene ring substituents is 1. The van der Waals surface area contributed by atoms with E-state index in [1.165, 1.54) is 55.6 Å². The third kappa shape index (κ3) is 4.31. The standard InChI is InChI=1S/C34H27ClFN3O8/c1-34-24(31(42)38(33(34)44)18-7-12-26(36)25(35)13-18)15-23-20(29(34)21-9-8-19(40)14-27(21)47-2)10-11-22-28(23)32(43)37(30(22)41)16-3-5-17(6-4-16)39(45)46/h3-10,12-14,22-24,28-29,40H,11,15H2,1-2H3/t22-,23+,24-,28-,29+,34+/m0/s1. The normalized spacial score (nSPS) is 28.2. The minimum atomic E-state index is -1.40. The lowest BCUT2D eigenvalue weighted by Crippen LogP contribution is -2.49. The van der Waals surface area contributed by atoms with Crippen LogP contribution in [0.5, 0.6) is 11.5 Å². The van der Waals surface area contributed by atoms with Crippen LogP contribution >= 0.6 is 11.6 Å². The van der Waals surface area contributed by atoms with Crippen molar-refractivity contribution in [3.05, 3.63) is 98.8 Å². The number of aromatic hydroxyl groups is 1. The molecule has 240 valence electrons. The van der Waals surface area contributed by atoms with Crippen LogP contribution in [0.25, 0.3) is 0 Å². The topological polar surface area (TPSA) is 147 Å². The van der Waals surface area contributed by atoms with E-state index < -0.39 is 69.4 Å². The number of carbonyl (C=O) groups excluding carboxylic acids is 4. The van der Waals surface area contributed by atoms with Gasteiger partial charge < -0.3 is 9.84 Å². The van der Waals surface area contributed by atoms with E-state index in [-0.39, 0.29) is 46.4 Å². The van der Waals surface area contributed by atoms with E-state index in [0.717, 1.165) is 15.9 Å². The number of amides is 4. The molecule has 1 N–H and O–H groups in total. The highest BCUT2D eigenvalue weighted by Crippen LogP contribution is 2.64. The first kappa shape index (κ1) is 30.5. The van der Waals surface area contributed by atoms with Crippen molar-refractivity contribution < 1.29 is 38.3 Å². The van der Waals surface area contributed by atoms with Crippen molar-refractivity contribution in [2.24, 2.45) is 29.1 Å². The van der Waals surface area contributed by atoms with Crippen molar-refractivity contribution in [2.45, 2.75) is 25.7 Å². The van der Waals surface area contributed by atoms with Gasteiger partial charge in [0.05, 0.1) is 51.6 Å². The molecule has 3 aromatic carbocycles. The number of phenols is 1. The average Bonchev–Trinajstić information content (AvgIpc) is 3.42. The molecule has 1 saturated carbocycles. The number of carbonyl (C=O) groups is 4. The molecule has 3 aromatic rings. The number of nitro groups is 1. The van der Waals surface area contributed by atoms with Gasteiger partial charge in [-0.05, 0) is 62.1 Å². The molecule has 4 amide bonds. The number of allylic oxidation sites excluding steroid dienone is 2. The number of methoxy groups -OCH3 is 1. The fourth-order valence-electron chi connectivity index (χ4n) is 8.15. The Hall–Kier alpha value is -5.10. The zero-order chi connectivity index (χ0) is 33.5. The molecule has 7 rings (SSSR count). The monoisotopic (exact) mass is 659 g/mol. The molecule has 0 aromatic heterocycles. The predicted molar refractivity (Wildman–Crippen MR) is 166 cm³/mol. The van der Waals surface area contributed by atoms with Crippen LogP contribution in [0.1, 0.15) is 31.2 Å². The average molecular weight is 660 g/mol. The number of hydrogen-bond donors (Lipinski definition) is 1. The van der Waals surface area contributed by atoms with Gasteiger partial charge >= 0.3 is 0 Å². The van der Waals surface area contributed by atoms with Crippen molar-refractivity contribution in [2.75, 3.05) is 16.9 Å².